The zero-order valence-electron chi connectivity index (χ0n) is 10.9. The van der Waals surface area contributed by atoms with Crippen molar-refractivity contribution in [2.24, 2.45) is 5.73 Å². The van der Waals surface area contributed by atoms with Crippen LogP contribution in [0.15, 0.2) is 42.5 Å². The quantitative estimate of drug-likeness (QED) is 0.654. The molecule has 2 nitrogen and oxygen atoms in total. The van der Waals surface area contributed by atoms with E-state index >= 15 is 0 Å². The Hall–Kier alpha value is -2.22. The molecule has 8 heteroatoms. The van der Waals surface area contributed by atoms with Gasteiger partial charge in [0.1, 0.15) is 0 Å². The highest BCUT2D eigenvalue weighted by molar-refractivity contribution is 7.80. The van der Waals surface area contributed by atoms with Crippen molar-refractivity contribution in [2.75, 3.05) is 4.90 Å². The molecule has 2 aromatic rings. The molecular weight excluding hydrogens is 323 g/mol. The van der Waals surface area contributed by atoms with E-state index < -0.39 is 28.5 Å². The largest absolute Gasteiger partial charge is 0.416 e. The van der Waals surface area contributed by atoms with Crippen LogP contribution in [0.1, 0.15) is 5.56 Å². The normalized spacial score (nSPS) is 11.3. The summed E-state index contributed by atoms with van der Waals surface area (Å²) in [6.45, 7) is 0. The van der Waals surface area contributed by atoms with Crippen LogP contribution >= 0.6 is 12.2 Å². The van der Waals surface area contributed by atoms with Crippen molar-refractivity contribution >= 4 is 28.7 Å². The molecule has 2 aromatic carbocycles. The van der Waals surface area contributed by atoms with Crippen LogP contribution in [0.2, 0.25) is 0 Å². The SMILES string of the molecule is NC(=S)N(c1cccc(C(F)(F)F)c1)c1cccc(F)c1F. The summed E-state index contributed by atoms with van der Waals surface area (Å²) in [6.07, 6.45) is -4.58. The van der Waals surface area contributed by atoms with Crippen molar-refractivity contribution in [1.82, 2.24) is 0 Å². The zero-order chi connectivity index (χ0) is 16.5. The Kier molecular flexibility index (Phi) is 4.32. The number of thiocarbonyl (C=S) groups is 1. The molecule has 22 heavy (non-hydrogen) atoms. The average molecular weight is 332 g/mol. The van der Waals surface area contributed by atoms with Crippen LogP contribution in [-0.2, 0) is 6.18 Å². The van der Waals surface area contributed by atoms with Crippen LogP contribution in [0.25, 0.3) is 0 Å². The Labute approximate surface area is 128 Å². The molecule has 0 aliphatic rings. The molecule has 0 aliphatic carbocycles. The number of anilines is 2. The number of alkyl halides is 3. The second-order valence-corrected chi connectivity index (χ2v) is 4.71. The molecule has 2 rings (SSSR count). The van der Waals surface area contributed by atoms with Gasteiger partial charge in [0, 0.05) is 5.69 Å². The summed E-state index contributed by atoms with van der Waals surface area (Å²) in [7, 11) is 0. The summed E-state index contributed by atoms with van der Waals surface area (Å²) >= 11 is 4.75. The molecular formula is C14H9F5N2S. The van der Waals surface area contributed by atoms with E-state index in [4.69, 9.17) is 18.0 Å². The first-order valence-electron chi connectivity index (χ1n) is 5.92. The van der Waals surface area contributed by atoms with Gasteiger partial charge in [-0.1, -0.05) is 12.1 Å². The Morgan fingerprint density at radius 2 is 1.68 bits per heavy atom. The lowest BCUT2D eigenvalue weighted by molar-refractivity contribution is -0.137. The Morgan fingerprint density at radius 3 is 2.27 bits per heavy atom. The number of hydrogen-bond donors (Lipinski definition) is 1. The highest BCUT2D eigenvalue weighted by Gasteiger charge is 2.31. The predicted molar refractivity (Wildman–Crippen MR) is 76.7 cm³/mol. The van der Waals surface area contributed by atoms with Gasteiger partial charge in [0.25, 0.3) is 0 Å². The van der Waals surface area contributed by atoms with Gasteiger partial charge in [-0.15, -0.1) is 0 Å². The van der Waals surface area contributed by atoms with E-state index in [1.807, 2.05) is 0 Å². The smallest absolute Gasteiger partial charge is 0.376 e. The molecule has 0 aromatic heterocycles. The number of benzene rings is 2. The third-order valence-corrected chi connectivity index (χ3v) is 3.01. The molecule has 0 amide bonds. The summed E-state index contributed by atoms with van der Waals surface area (Å²) in [6, 6.07) is 7.24. The van der Waals surface area contributed by atoms with E-state index in [1.165, 1.54) is 12.1 Å². The first-order chi connectivity index (χ1) is 10.2. The monoisotopic (exact) mass is 332 g/mol. The Bertz CT molecular complexity index is 715. The highest BCUT2D eigenvalue weighted by atomic mass is 32.1. The molecule has 0 aliphatic heterocycles. The van der Waals surface area contributed by atoms with Gasteiger partial charge >= 0.3 is 6.18 Å². The van der Waals surface area contributed by atoms with Gasteiger partial charge in [-0.2, -0.15) is 13.2 Å². The van der Waals surface area contributed by atoms with Crippen LogP contribution in [0.4, 0.5) is 33.3 Å². The van der Waals surface area contributed by atoms with E-state index in [0.717, 1.165) is 35.2 Å². The molecule has 0 atom stereocenters. The topological polar surface area (TPSA) is 29.3 Å². The van der Waals surface area contributed by atoms with E-state index in [9.17, 15) is 22.0 Å². The van der Waals surface area contributed by atoms with Crippen LogP contribution in [-0.4, -0.2) is 5.11 Å². The molecule has 0 spiro atoms. The third-order valence-electron chi connectivity index (χ3n) is 2.82. The summed E-state index contributed by atoms with van der Waals surface area (Å²) < 4.78 is 65.5. The van der Waals surface area contributed by atoms with Gasteiger partial charge in [-0.25, -0.2) is 8.78 Å². The van der Waals surface area contributed by atoms with Gasteiger partial charge in [0.15, 0.2) is 16.7 Å². The minimum Gasteiger partial charge on any atom is -0.376 e. The summed E-state index contributed by atoms with van der Waals surface area (Å²) in [5.74, 6) is -2.42. The number of nitrogens with zero attached hydrogens (tertiary/aromatic N) is 1. The number of halogens is 5. The maximum absolute atomic E-state index is 13.9. The molecule has 0 radical (unpaired) electrons. The van der Waals surface area contributed by atoms with Crippen molar-refractivity contribution in [2.45, 2.75) is 6.18 Å². The fourth-order valence-electron chi connectivity index (χ4n) is 1.87. The van der Waals surface area contributed by atoms with Crippen molar-refractivity contribution in [3.63, 3.8) is 0 Å². The molecule has 116 valence electrons. The van der Waals surface area contributed by atoms with E-state index in [1.54, 1.807) is 0 Å². The highest BCUT2D eigenvalue weighted by Crippen LogP contribution is 2.34. The molecule has 0 heterocycles. The molecule has 0 saturated carbocycles. The van der Waals surface area contributed by atoms with Gasteiger partial charge in [0.2, 0.25) is 0 Å². The van der Waals surface area contributed by atoms with E-state index in [0.29, 0.717) is 0 Å². The lowest BCUT2D eigenvalue weighted by atomic mass is 10.1. The lowest BCUT2D eigenvalue weighted by Gasteiger charge is -2.24. The first kappa shape index (κ1) is 16.2. The second-order valence-electron chi connectivity index (χ2n) is 4.29. The van der Waals surface area contributed by atoms with Crippen molar-refractivity contribution in [1.29, 1.82) is 0 Å². The predicted octanol–water partition coefficient (Wildman–Crippen LogP) is 4.37. The lowest BCUT2D eigenvalue weighted by Crippen LogP contribution is -2.32. The molecule has 2 N–H and O–H groups in total. The third kappa shape index (κ3) is 3.16. The zero-order valence-corrected chi connectivity index (χ0v) is 11.7. The fourth-order valence-corrected chi connectivity index (χ4v) is 2.08. The molecule has 0 saturated heterocycles. The minimum atomic E-state index is -4.58. The molecule has 0 unspecified atom stereocenters. The van der Waals surface area contributed by atoms with Crippen molar-refractivity contribution in [3.05, 3.63) is 59.7 Å². The van der Waals surface area contributed by atoms with Crippen molar-refractivity contribution < 1.29 is 22.0 Å². The first-order valence-corrected chi connectivity index (χ1v) is 6.33. The number of rotatable bonds is 2. The van der Waals surface area contributed by atoms with Crippen molar-refractivity contribution in [3.8, 4) is 0 Å². The molecule has 0 bridgehead atoms. The van der Waals surface area contributed by atoms with E-state index in [-0.39, 0.29) is 11.4 Å². The summed E-state index contributed by atoms with van der Waals surface area (Å²) in [5, 5.41) is -0.413. The minimum absolute atomic E-state index is 0.119. The van der Waals surface area contributed by atoms with Gasteiger partial charge in [-0.3, -0.25) is 4.90 Å². The molecule has 0 fully saturated rings. The standard InChI is InChI=1S/C14H9F5N2S/c15-10-5-2-6-11(12(10)16)21(13(20)22)9-4-1-3-8(7-9)14(17,18)19/h1-7H,(H2,20,22). The van der Waals surface area contributed by atoms with Gasteiger partial charge in [0.05, 0.1) is 11.3 Å². The second kappa shape index (κ2) is 5.88. The van der Waals surface area contributed by atoms with Crippen LogP contribution < -0.4 is 10.6 Å². The van der Waals surface area contributed by atoms with Gasteiger partial charge < -0.3 is 5.73 Å². The number of nitrogens with two attached hydrogens (primary N) is 1. The Balaban J connectivity index is 2.59. The van der Waals surface area contributed by atoms with Crippen LogP contribution in [0.5, 0.6) is 0 Å². The maximum atomic E-state index is 13.9. The van der Waals surface area contributed by atoms with Gasteiger partial charge in [-0.05, 0) is 42.5 Å². The van der Waals surface area contributed by atoms with Crippen LogP contribution in [0, 0.1) is 11.6 Å². The Morgan fingerprint density at radius 1 is 1.05 bits per heavy atom. The number of hydrogen-bond acceptors (Lipinski definition) is 1. The fraction of sp³-hybridized carbons (Fsp3) is 0.0714. The maximum Gasteiger partial charge on any atom is 0.416 e. The van der Waals surface area contributed by atoms with E-state index in [2.05, 4.69) is 0 Å². The van der Waals surface area contributed by atoms with Crippen LogP contribution in [0.3, 0.4) is 0 Å². The summed E-state index contributed by atoms with van der Waals surface area (Å²) in [4.78, 5) is 0.836. The summed E-state index contributed by atoms with van der Waals surface area (Å²) in [5.41, 5.74) is 4.02. The average Bonchev–Trinajstić information content (AvgIpc) is 2.43.